The number of fused-ring (bicyclic) bond motifs is 2. The highest BCUT2D eigenvalue weighted by Crippen LogP contribution is 2.36. The second-order valence-corrected chi connectivity index (χ2v) is 7.82. The third-order valence-corrected chi connectivity index (χ3v) is 5.72. The van der Waals surface area contributed by atoms with Gasteiger partial charge in [-0.15, -0.1) is 15.3 Å². The number of nitrogens with zero attached hydrogens (tertiary/aromatic N) is 9. The maximum absolute atomic E-state index is 4.85. The Kier molecular flexibility index (Phi) is 4.14. The molecule has 9 heteroatoms. The number of aromatic nitrogens is 8. The molecule has 0 saturated carbocycles. The first kappa shape index (κ1) is 18.5. The Morgan fingerprint density at radius 1 is 0.969 bits per heavy atom. The summed E-state index contributed by atoms with van der Waals surface area (Å²) in [5.41, 5.74) is 5.41. The molecule has 1 atom stereocenters. The van der Waals surface area contributed by atoms with Gasteiger partial charge in [0.1, 0.15) is 5.69 Å². The van der Waals surface area contributed by atoms with E-state index in [-0.39, 0.29) is 6.04 Å². The van der Waals surface area contributed by atoms with E-state index < -0.39 is 0 Å². The lowest BCUT2D eigenvalue weighted by Crippen LogP contribution is -2.26. The quantitative estimate of drug-likeness (QED) is 0.437. The number of benzene rings is 1. The van der Waals surface area contributed by atoms with Crippen molar-refractivity contribution >= 4 is 17.4 Å². The average Bonchev–Trinajstić information content (AvgIpc) is 3.41. The molecule has 156 valence electrons. The highest BCUT2D eigenvalue weighted by atomic mass is 15.4. The summed E-state index contributed by atoms with van der Waals surface area (Å²) in [5, 5.41) is 13.3. The van der Waals surface area contributed by atoms with Crippen LogP contribution in [-0.2, 0) is 6.42 Å². The Hall–Kier alpha value is -4.27. The van der Waals surface area contributed by atoms with E-state index in [1.54, 1.807) is 23.1 Å². The van der Waals surface area contributed by atoms with Crippen LogP contribution in [0.3, 0.4) is 0 Å². The molecule has 32 heavy (non-hydrogen) atoms. The Labute approximate surface area is 183 Å². The number of rotatable bonds is 3. The van der Waals surface area contributed by atoms with E-state index in [4.69, 9.17) is 4.98 Å². The zero-order valence-electron chi connectivity index (χ0n) is 17.6. The second-order valence-electron chi connectivity index (χ2n) is 7.82. The molecule has 0 amide bonds. The van der Waals surface area contributed by atoms with E-state index in [1.807, 2.05) is 31.2 Å². The fourth-order valence-corrected chi connectivity index (χ4v) is 4.18. The third kappa shape index (κ3) is 2.89. The van der Waals surface area contributed by atoms with E-state index in [0.29, 0.717) is 28.9 Å². The number of aryl methyl sites for hydroxylation is 1. The second kappa shape index (κ2) is 7.16. The largest absolute Gasteiger partial charge is 0.307 e. The van der Waals surface area contributed by atoms with Gasteiger partial charge < -0.3 is 4.90 Å². The zero-order valence-corrected chi connectivity index (χ0v) is 17.6. The predicted octanol–water partition coefficient (Wildman–Crippen LogP) is 3.43. The number of para-hydroxylation sites is 1. The molecule has 0 aliphatic carbocycles. The molecule has 1 aromatic carbocycles. The number of hydrogen-bond donors (Lipinski definition) is 0. The molecular formula is C23H19N9. The van der Waals surface area contributed by atoms with Crippen LogP contribution in [0, 0.1) is 6.92 Å². The van der Waals surface area contributed by atoms with Crippen molar-refractivity contribution in [2.75, 3.05) is 4.90 Å². The van der Waals surface area contributed by atoms with Crippen LogP contribution in [0.5, 0.6) is 0 Å². The van der Waals surface area contributed by atoms with Crippen LogP contribution in [0.25, 0.3) is 28.6 Å². The molecule has 1 aliphatic rings. The number of anilines is 2. The van der Waals surface area contributed by atoms with Crippen LogP contribution in [0.4, 0.5) is 11.6 Å². The van der Waals surface area contributed by atoms with Gasteiger partial charge >= 0.3 is 0 Å². The first-order chi connectivity index (χ1) is 15.7. The maximum atomic E-state index is 4.85. The zero-order chi connectivity index (χ0) is 21.7. The lowest BCUT2D eigenvalue weighted by molar-refractivity contribution is 0.739. The molecule has 6 rings (SSSR count). The van der Waals surface area contributed by atoms with Crippen LogP contribution in [0.15, 0.2) is 61.1 Å². The Balaban J connectivity index is 1.43. The summed E-state index contributed by atoms with van der Waals surface area (Å²) in [6, 6.07) is 14.3. The molecular weight excluding hydrogens is 402 g/mol. The van der Waals surface area contributed by atoms with Crippen LogP contribution < -0.4 is 4.90 Å². The van der Waals surface area contributed by atoms with Gasteiger partial charge in [-0.25, -0.2) is 9.97 Å². The molecule has 5 heterocycles. The van der Waals surface area contributed by atoms with Crippen LogP contribution in [0.1, 0.15) is 18.2 Å². The van der Waals surface area contributed by atoms with Crippen LogP contribution >= 0.6 is 0 Å². The van der Waals surface area contributed by atoms with Crippen LogP contribution in [0.2, 0.25) is 0 Å². The van der Waals surface area contributed by atoms with Crippen molar-refractivity contribution in [3.8, 4) is 22.8 Å². The molecule has 0 bridgehead atoms. The van der Waals surface area contributed by atoms with Gasteiger partial charge in [0, 0.05) is 35.9 Å². The highest BCUT2D eigenvalue weighted by Gasteiger charge is 2.29. The summed E-state index contributed by atoms with van der Waals surface area (Å²) in [6.07, 6.45) is 6.17. The molecule has 0 fully saturated rings. The first-order valence-electron chi connectivity index (χ1n) is 10.4. The number of pyridine rings is 1. The van der Waals surface area contributed by atoms with Crippen molar-refractivity contribution in [1.29, 1.82) is 0 Å². The summed E-state index contributed by atoms with van der Waals surface area (Å²) in [5.74, 6) is 1.64. The normalized spacial score (nSPS) is 15.3. The van der Waals surface area contributed by atoms with Crippen LogP contribution in [-0.4, -0.2) is 45.8 Å². The van der Waals surface area contributed by atoms with E-state index >= 15 is 0 Å². The summed E-state index contributed by atoms with van der Waals surface area (Å²) in [6.45, 7) is 4.12. The van der Waals surface area contributed by atoms with Gasteiger partial charge in [-0.1, -0.05) is 18.2 Å². The van der Waals surface area contributed by atoms with Crippen molar-refractivity contribution in [3.05, 3.63) is 72.3 Å². The van der Waals surface area contributed by atoms with Gasteiger partial charge in [0.15, 0.2) is 5.82 Å². The highest BCUT2D eigenvalue weighted by molar-refractivity contribution is 5.69. The van der Waals surface area contributed by atoms with E-state index in [9.17, 15) is 0 Å². The molecule has 0 spiro atoms. The number of hydrogen-bond acceptors (Lipinski definition) is 8. The molecule has 1 aliphatic heterocycles. The molecule has 0 saturated heterocycles. The van der Waals surface area contributed by atoms with Gasteiger partial charge in [-0.2, -0.15) is 9.50 Å². The first-order valence-corrected chi connectivity index (χ1v) is 10.4. The Bertz CT molecular complexity index is 1440. The molecule has 9 nitrogen and oxygen atoms in total. The minimum Gasteiger partial charge on any atom is -0.307 e. The van der Waals surface area contributed by atoms with E-state index in [2.05, 4.69) is 60.3 Å². The standard InChI is InChI=1S/C23H19N9/c1-14-12-16-6-3-4-8-19(16)31(14)22-25-11-9-18(26-22)20-15(2)32-23(29-28-20)27-21(30-32)17-7-5-10-24-13-17/h3-11,13-14H,12H2,1-2H3. The average molecular weight is 421 g/mol. The Morgan fingerprint density at radius 3 is 2.75 bits per heavy atom. The lowest BCUT2D eigenvalue weighted by atomic mass is 10.1. The smallest absolute Gasteiger partial charge is 0.272 e. The maximum Gasteiger partial charge on any atom is 0.272 e. The summed E-state index contributed by atoms with van der Waals surface area (Å²) < 4.78 is 1.69. The molecule has 0 N–H and O–H groups in total. The van der Waals surface area contributed by atoms with E-state index in [1.165, 1.54) is 5.56 Å². The lowest BCUT2D eigenvalue weighted by Gasteiger charge is -2.22. The van der Waals surface area contributed by atoms with Crippen molar-refractivity contribution in [1.82, 2.24) is 39.7 Å². The molecule has 0 radical (unpaired) electrons. The molecule has 1 unspecified atom stereocenters. The van der Waals surface area contributed by atoms with Gasteiger partial charge in [0.25, 0.3) is 5.78 Å². The minimum atomic E-state index is 0.273. The summed E-state index contributed by atoms with van der Waals surface area (Å²) in [4.78, 5) is 20.2. The van der Waals surface area contributed by atoms with Crippen molar-refractivity contribution in [2.45, 2.75) is 26.3 Å². The fraction of sp³-hybridized carbons (Fsp3) is 0.174. The van der Waals surface area contributed by atoms with Gasteiger partial charge in [0.2, 0.25) is 5.95 Å². The van der Waals surface area contributed by atoms with E-state index in [0.717, 1.165) is 23.4 Å². The molecule has 5 aromatic rings. The predicted molar refractivity (Wildman–Crippen MR) is 119 cm³/mol. The molecule has 4 aromatic heterocycles. The fourth-order valence-electron chi connectivity index (χ4n) is 4.18. The summed E-state index contributed by atoms with van der Waals surface area (Å²) >= 11 is 0. The monoisotopic (exact) mass is 421 g/mol. The SMILES string of the molecule is Cc1c(-c2ccnc(N3c4ccccc4CC3C)n2)nnc2nc(-c3cccnc3)nn12. The Morgan fingerprint density at radius 2 is 1.88 bits per heavy atom. The third-order valence-electron chi connectivity index (χ3n) is 5.72. The minimum absolute atomic E-state index is 0.273. The van der Waals surface area contributed by atoms with Gasteiger partial charge in [-0.05, 0) is 50.1 Å². The topological polar surface area (TPSA) is 97.9 Å². The van der Waals surface area contributed by atoms with Gasteiger partial charge in [-0.3, -0.25) is 4.98 Å². The summed E-state index contributed by atoms with van der Waals surface area (Å²) in [7, 11) is 0. The van der Waals surface area contributed by atoms with Gasteiger partial charge in [0.05, 0.1) is 11.4 Å². The van der Waals surface area contributed by atoms with Crippen molar-refractivity contribution < 1.29 is 0 Å². The van der Waals surface area contributed by atoms with Crippen molar-refractivity contribution in [3.63, 3.8) is 0 Å². The van der Waals surface area contributed by atoms with Crippen molar-refractivity contribution in [2.24, 2.45) is 0 Å².